The highest BCUT2D eigenvalue weighted by Gasteiger charge is 2.18. The predicted octanol–water partition coefficient (Wildman–Crippen LogP) is 1.42. The van der Waals surface area contributed by atoms with Gasteiger partial charge < -0.3 is 0 Å². The van der Waals surface area contributed by atoms with E-state index < -0.39 is 15.8 Å². The smallest absolute Gasteiger partial charge is 0.261 e. The predicted molar refractivity (Wildman–Crippen MR) is 80.0 cm³/mol. The number of anilines is 1. The number of benzene rings is 2. The molecule has 1 heterocycles. The molecule has 2 radical (unpaired) electrons. The van der Waals surface area contributed by atoms with Gasteiger partial charge in [0.1, 0.15) is 24.7 Å². The summed E-state index contributed by atoms with van der Waals surface area (Å²) in [6, 6.07) is 8.07. The number of sulfonamides is 1. The summed E-state index contributed by atoms with van der Waals surface area (Å²) >= 11 is 0.985. The topological polar surface area (TPSA) is 72.0 Å². The normalized spacial score (nSPS) is 11.7. The number of halogens is 1. The lowest BCUT2D eigenvalue weighted by atomic mass is 9.96. The van der Waals surface area contributed by atoms with Crippen LogP contribution in [0.5, 0.6) is 0 Å². The third-order valence-corrected chi connectivity index (χ3v) is 4.77. The Morgan fingerprint density at radius 3 is 2.76 bits per heavy atom. The number of aromatic nitrogens is 2. The van der Waals surface area contributed by atoms with Gasteiger partial charge in [0.25, 0.3) is 10.0 Å². The molecule has 0 aliphatic carbocycles. The maximum absolute atomic E-state index is 13.0. The third-order valence-electron chi connectivity index (χ3n) is 2.79. The van der Waals surface area contributed by atoms with Crippen molar-refractivity contribution in [2.75, 3.05) is 4.72 Å². The minimum absolute atomic E-state index is 0.161. The van der Waals surface area contributed by atoms with Gasteiger partial charge in [-0.2, -0.15) is 8.75 Å². The summed E-state index contributed by atoms with van der Waals surface area (Å²) in [4.78, 5) is -0.191. The van der Waals surface area contributed by atoms with E-state index in [1.165, 1.54) is 0 Å². The summed E-state index contributed by atoms with van der Waals surface area (Å²) in [6.45, 7) is 0. The van der Waals surface area contributed by atoms with Crippen LogP contribution in [-0.2, 0) is 10.0 Å². The van der Waals surface area contributed by atoms with Gasteiger partial charge in [-0.1, -0.05) is 11.5 Å². The minimum atomic E-state index is -3.93. The Hall–Kier alpha value is -2.00. The van der Waals surface area contributed by atoms with Gasteiger partial charge in [-0.15, -0.1) is 0 Å². The number of rotatable bonds is 3. The Balaban J connectivity index is 2.05. The zero-order valence-corrected chi connectivity index (χ0v) is 12.1. The summed E-state index contributed by atoms with van der Waals surface area (Å²) in [6.07, 6.45) is 0. The van der Waals surface area contributed by atoms with Crippen molar-refractivity contribution in [2.24, 2.45) is 0 Å². The molecule has 0 spiro atoms. The number of hydrogen-bond donors (Lipinski definition) is 1. The van der Waals surface area contributed by atoms with Crippen molar-refractivity contribution in [2.45, 2.75) is 4.90 Å². The quantitative estimate of drug-likeness (QED) is 0.741. The van der Waals surface area contributed by atoms with Gasteiger partial charge in [0, 0.05) is 0 Å². The average Bonchev–Trinajstić information content (AvgIpc) is 2.87. The van der Waals surface area contributed by atoms with Crippen LogP contribution in [0.2, 0.25) is 0 Å². The van der Waals surface area contributed by atoms with Crippen molar-refractivity contribution in [3.05, 3.63) is 42.2 Å². The molecule has 0 aliphatic rings. The van der Waals surface area contributed by atoms with Crippen molar-refractivity contribution in [3.8, 4) is 0 Å². The molecule has 5 nitrogen and oxygen atoms in total. The standard InChI is InChI=1S/C12H7BFN3O2S2/c13-8-6-7(14)4-5-11(8)21(18,19)17-10-3-1-2-9-12(10)16-20-15-9/h1-6,17H. The third kappa shape index (κ3) is 2.61. The maximum atomic E-state index is 13.0. The van der Waals surface area contributed by atoms with E-state index in [2.05, 4.69) is 13.5 Å². The number of nitrogens with one attached hydrogen (secondary N) is 1. The summed E-state index contributed by atoms with van der Waals surface area (Å²) < 4.78 is 48.2. The summed E-state index contributed by atoms with van der Waals surface area (Å²) in [5.41, 5.74) is 1.18. The van der Waals surface area contributed by atoms with E-state index in [0.29, 0.717) is 16.7 Å². The monoisotopic (exact) mass is 319 g/mol. The SMILES string of the molecule is [B]c1cc(F)ccc1S(=O)(=O)Nc1cccc2nsnc12. The Bertz CT molecular complexity index is 927. The van der Waals surface area contributed by atoms with Gasteiger partial charge in [0.15, 0.2) is 0 Å². The summed E-state index contributed by atoms with van der Waals surface area (Å²) in [5.74, 6) is -0.600. The van der Waals surface area contributed by atoms with Crippen molar-refractivity contribution in [1.29, 1.82) is 0 Å². The molecule has 0 amide bonds. The Morgan fingerprint density at radius 2 is 2.00 bits per heavy atom. The van der Waals surface area contributed by atoms with E-state index >= 15 is 0 Å². The van der Waals surface area contributed by atoms with Crippen molar-refractivity contribution in [1.82, 2.24) is 8.75 Å². The van der Waals surface area contributed by atoms with Crippen LogP contribution in [0.1, 0.15) is 0 Å². The fourth-order valence-electron chi connectivity index (χ4n) is 1.85. The molecule has 104 valence electrons. The second kappa shape index (κ2) is 5.08. The fourth-order valence-corrected chi connectivity index (χ4v) is 3.58. The largest absolute Gasteiger partial charge is 0.277 e. The number of fused-ring (bicyclic) bond motifs is 1. The summed E-state index contributed by atoms with van der Waals surface area (Å²) in [5, 5.41) is 0. The Labute approximate surface area is 125 Å². The molecule has 3 rings (SSSR count). The van der Waals surface area contributed by atoms with E-state index in [-0.39, 0.29) is 10.4 Å². The molecular weight excluding hydrogens is 312 g/mol. The van der Waals surface area contributed by atoms with E-state index in [1.54, 1.807) is 18.2 Å². The summed E-state index contributed by atoms with van der Waals surface area (Å²) in [7, 11) is 1.63. The average molecular weight is 319 g/mol. The Morgan fingerprint density at radius 1 is 1.19 bits per heavy atom. The van der Waals surface area contributed by atoms with Crippen LogP contribution in [0.15, 0.2) is 41.3 Å². The van der Waals surface area contributed by atoms with Gasteiger partial charge in [-0.3, -0.25) is 4.72 Å². The number of nitrogens with zero attached hydrogens (tertiary/aromatic N) is 2. The van der Waals surface area contributed by atoms with Crippen LogP contribution in [0, 0.1) is 5.82 Å². The molecule has 3 aromatic rings. The molecule has 9 heteroatoms. The van der Waals surface area contributed by atoms with Crippen LogP contribution < -0.4 is 10.2 Å². The molecule has 0 fully saturated rings. The molecule has 2 aromatic carbocycles. The number of hydrogen-bond acceptors (Lipinski definition) is 5. The molecule has 0 aliphatic heterocycles. The van der Waals surface area contributed by atoms with Crippen LogP contribution in [0.4, 0.5) is 10.1 Å². The van der Waals surface area contributed by atoms with Gasteiger partial charge in [-0.25, -0.2) is 12.8 Å². The Kier molecular flexibility index (Phi) is 3.38. The first-order chi connectivity index (χ1) is 9.97. The zero-order chi connectivity index (χ0) is 15.0. The second-order valence-electron chi connectivity index (χ2n) is 4.23. The molecule has 1 aromatic heterocycles. The van der Waals surface area contributed by atoms with E-state index in [0.717, 1.165) is 29.9 Å². The molecule has 0 atom stereocenters. The first-order valence-corrected chi connectivity index (χ1v) is 7.98. The highest BCUT2D eigenvalue weighted by molar-refractivity contribution is 7.93. The minimum Gasteiger partial charge on any atom is -0.277 e. The molecule has 0 unspecified atom stereocenters. The fraction of sp³-hybridized carbons (Fsp3) is 0. The van der Waals surface area contributed by atoms with Crippen molar-refractivity contribution in [3.63, 3.8) is 0 Å². The highest BCUT2D eigenvalue weighted by Crippen LogP contribution is 2.23. The van der Waals surface area contributed by atoms with Crippen molar-refractivity contribution < 1.29 is 12.8 Å². The van der Waals surface area contributed by atoms with Crippen molar-refractivity contribution >= 4 is 51.8 Å². The zero-order valence-electron chi connectivity index (χ0n) is 10.4. The molecule has 21 heavy (non-hydrogen) atoms. The van der Waals surface area contributed by atoms with E-state index in [9.17, 15) is 12.8 Å². The molecule has 0 bridgehead atoms. The second-order valence-corrected chi connectivity index (χ2v) is 6.40. The lowest BCUT2D eigenvalue weighted by Gasteiger charge is -2.10. The van der Waals surface area contributed by atoms with Crippen LogP contribution in [0.3, 0.4) is 0 Å². The van der Waals surface area contributed by atoms with Gasteiger partial charge in [0.2, 0.25) is 0 Å². The molecule has 0 saturated heterocycles. The molecular formula is C12H7BFN3O2S2. The maximum Gasteiger partial charge on any atom is 0.261 e. The lowest BCUT2D eigenvalue weighted by molar-refractivity contribution is 0.600. The first-order valence-electron chi connectivity index (χ1n) is 5.76. The lowest BCUT2D eigenvalue weighted by Crippen LogP contribution is -2.22. The van der Waals surface area contributed by atoms with Crippen LogP contribution in [0.25, 0.3) is 11.0 Å². The van der Waals surface area contributed by atoms with Crippen LogP contribution >= 0.6 is 11.7 Å². The first kappa shape index (κ1) is 14.0. The van der Waals surface area contributed by atoms with Crippen LogP contribution in [-0.4, -0.2) is 25.0 Å². The van der Waals surface area contributed by atoms with E-state index in [4.69, 9.17) is 7.85 Å². The van der Waals surface area contributed by atoms with E-state index in [1.807, 2.05) is 0 Å². The highest BCUT2D eigenvalue weighted by atomic mass is 32.2. The van der Waals surface area contributed by atoms with Gasteiger partial charge in [0.05, 0.1) is 22.3 Å². The molecule has 0 saturated carbocycles. The molecule has 1 N–H and O–H groups in total. The van der Waals surface area contributed by atoms with Gasteiger partial charge >= 0.3 is 0 Å². The van der Waals surface area contributed by atoms with Gasteiger partial charge in [-0.05, 0) is 30.3 Å².